The summed E-state index contributed by atoms with van der Waals surface area (Å²) in [5.74, 6) is 1.77. The van der Waals surface area contributed by atoms with Crippen LogP contribution in [-0.4, -0.2) is 7.11 Å². The summed E-state index contributed by atoms with van der Waals surface area (Å²) in [6, 6.07) is 15.2. The van der Waals surface area contributed by atoms with E-state index in [1.54, 1.807) is 7.11 Å². The number of hydrogen-bond acceptors (Lipinski definition) is 2. The third-order valence-electron chi connectivity index (χ3n) is 3.92. The van der Waals surface area contributed by atoms with Crippen molar-refractivity contribution >= 4 is 5.69 Å². The summed E-state index contributed by atoms with van der Waals surface area (Å²) in [4.78, 5) is 0. The SMILES string of the molecule is COc1ccc(NCc2ccc(C3CC3)cc2)cc1C. The van der Waals surface area contributed by atoms with Crippen molar-refractivity contribution in [1.82, 2.24) is 0 Å². The Morgan fingerprint density at radius 2 is 1.85 bits per heavy atom. The molecule has 20 heavy (non-hydrogen) atoms. The maximum Gasteiger partial charge on any atom is 0.121 e. The van der Waals surface area contributed by atoms with E-state index in [4.69, 9.17) is 4.74 Å². The van der Waals surface area contributed by atoms with Crippen molar-refractivity contribution in [2.45, 2.75) is 32.2 Å². The van der Waals surface area contributed by atoms with Gasteiger partial charge in [0.25, 0.3) is 0 Å². The van der Waals surface area contributed by atoms with Gasteiger partial charge in [0.05, 0.1) is 7.11 Å². The van der Waals surface area contributed by atoms with Crippen molar-refractivity contribution in [3.63, 3.8) is 0 Å². The van der Waals surface area contributed by atoms with Crippen LogP contribution in [0.2, 0.25) is 0 Å². The van der Waals surface area contributed by atoms with Gasteiger partial charge in [-0.15, -0.1) is 0 Å². The minimum absolute atomic E-state index is 0.834. The lowest BCUT2D eigenvalue weighted by Crippen LogP contribution is -2.00. The van der Waals surface area contributed by atoms with E-state index in [0.717, 1.165) is 29.5 Å². The first-order chi connectivity index (χ1) is 9.76. The number of hydrogen-bond donors (Lipinski definition) is 1. The lowest BCUT2D eigenvalue weighted by molar-refractivity contribution is 0.412. The van der Waals surface area contributed by atoms with Crippen LogP contribution in [0.4, 0.5) is 5.69 Å². The van der Waals surface area contributed by atoms with Gasteiger partial charge in [0, 0.05) is 12.2 Å². The highest BCUT2D eigenvalue weighted by Gasteiger charge is 2.22. The molecule has 0 heterocycles. The minimum atomic E-state index is 0.834. The molecule has 1 aliphatic carbocycles. The summed E-state index contributed by atoms with van der Waals surface area (Å²) in [6.45, 7) is 2.92. The van der Waals surface area contributed by atoms with Crippen LogP contribution in [0.1, 0.15) is 35.4 Å². The monoisotopic (exact) mass is 267 g/mol. The van der Waals surface area contributed by atoms with E-state index in [1.807, 2.05) is 6.07 Å². The Hall–Kier alpha value is -1.96. The quantitative estimate of drug-likeness (QED) is 0.861. The molecule has 0 aromatic heterocycles. The molecule has 1 saturated carbocycles. The Bertz CT molecular complexity index is 585. The number of aryl methyl sites for hydroxylation is 1. The van der Waals surface area contributed by atoms with E-state index in [-0.39, 0.29) is 0 Å². The molecule has 0 aliphatic heterocycles. The van der Waals surface area contributed by atoms with Crippen LogP contribution in [0.5, 0.6) is 5.75 Å². The van der Waals surface area contributed by atoms with Crippen molar-refractivity contribution in [2.75, 3.05) is 12.4 Å². The molecule has 104 valence electrons. The average Bonchev–Trinajstić information content (AvgIpc) is 3.30. The van der Waals surface area contributed by atoms with Gasteiger partial charge in [0.1, 0.15) is 5.75 Å². The molecule has 0 bridgehead atoms. The highest BCUT2D eigenvalue weighted by atomic mass is 16.5. The Morgan fingerprint density at radius 1 is 1.10 bits per heavy atom. The molecule has 2 aromatic rings. The third kappa shape index (κ3) is 2.96. The first-order valence-corrected chi connectivity index (χ1v) is 7.23. The number of rotatable bonds is 5. The zero-order chi connectivity index (χ0) is 13.9. The van der Waals surface area contributed by atoms with E-state index in [2.05, 4.69) is 48.6 Å². The summed E-state index contributed by atoms with van der Waals surface area (Å²) >= 11 is 0. The predicted molar refractivity (Wildman–Crippen MR) is 83.5 cm³/mol. The maximum absolute atomic E-state index is 5.28. The van der Waals surface area contributed by atoms with E-state index in [0.29, 0.717) is 0 Å². The van der Waals surface area contributed by atoms with E-state index in [9.17, 15) is 0 Å². The van der Waals surface area contributed by atoms with E-state index < -0.39 is 0 Å². The van der Waals surface area contributed by atoms with Gasteiger partial charge < -0.3 is 10.1 Å². The van der Waals surface area contributed by atoms with Crippen molar-refractivity contribution in [3.05, 3.63) is 59.2 Å². The normalized spacial score (nSPS) is 14.1. The molecule has 2 aromatic carbocycles. The third-order valence-corrected chi connectivity index (χ3v) is 3.92. The summed E-state index contributed by atoms with van der Waals surface area (Å²) in [7, 11) is 1.71. The first-order valence-electron chi connectivity index (χ1n) is 7.23. The Kier molecular flexibility index (Phi) is 3.64. The molecule has 0 saturated heterocycles. The molecule has 2 nitrogen and oxygen atoms in total. The van der Waals surface area contributed by atoms with Crippen molar-refractivity contribution in [2.24, 2.45) is 0 Å². The molecule has 0 spiro atoms. The highest BCUT2D eigenvalue weighted by molar-refractivity contribution is 5.51. The van der Waals surface area contributed by atoms with Crippen LogP contribution in [0.25, 0.3) is 0 Å². The van der Waals surface area contributed by atoms with Gasteiger partial charge in [-0.3, -0.25) is 0 Å². The van der Waals surface area contributed by atoms with Gasteiger partial charge in [0.2, 0.25) is 0 Å². The molecule has 0 unspecified atom stereocenters. The van der Waals surface area contributed by atoms with Gasteiger partial charge in [-0.1, -0.05) is 24.3 Å². The molecular weight excluding hydrogens is 246 g/mol. The number of ether oxygens (including phenoxy) is 1. The number of methoxy groups -OCH3 is 1. The summed E-state index contributed by atoms with van der Waals surface area (Å²) < 4.78 is 5.28. The molecule has 1 N–H and O–H groups in total. The fourth-order valence-electron chi connectivity index (χ4n) is 2.52. The van der Waals surface area contributed by atoms with Crippen molar-refractivity contribution < 1.29 is 4.74 Å². The largest absolute Gasteiger partial charge is 0.496 e. The molecule has 2 heteroatoms. The first kappa shape index (κ1) is 13.0. The molecule has 1 aliphatic rings. The lowest BCUT2D eigenvalue weighted by Gasteiger charge is -2.10. The van der Waals surface area contributed by atoms with E-state index in [1.165, 1.54) is 24.0 Å². The second-order valence-electron chi connectivity index (χ2n) is 5.55. The van der Waals surface area contributed by atoms with Crippen molar-refractivity contribution in [1.29, 1.82) is 0 Å². The number of nitrogens with one attached hydrogen (secondary N) is 1. The van der Waals surface area contributed by atoms with Crippen LogP contribution in [0.15, 0.2) is 42.5 Å². The predicted octanol–water partition coefficient (Wildman–Crippen LogP) is 4.49. The van der Waals surface area contributed by atoms with Gasteiger partial charge >= 0.3 is 0 Å². The number of benzene rings is 2. The summed E-state index contributed by atoms with van der Waals surface area (Å²) in [5.41, 5.74) is 5.10. The maximum atomic E-state index is 5.28. The Morgan fingerprint density at radius 3 is 2.45 bits per heavy atom. The molecular formula is C18H21NO. The van der Waals surface area contributed by atoms with Crippen LogP contribution in [0.3, 0.4) is 0 Å². The topological polar surface area (TPSA) is 21.3 Å². The smallest absolute Gasteiger partial charge is 0.121 e. The van der Waals surface area contributed by atoms with Gasteiger partial charge in [0.15, 0.2) is 0 Å². The van der Waals surface area contributed by atoms with E-state index >= 15 is 0 Å². The highest BCUT2D eigenvalue weighted by Crippen LogP contribution is 2.39. The van der Waals surface area contributed by atoms with Crippen LogP contribution in [-0.2, 0) is 6.54 Å². The summed E-state index contributed by atoms with van der Waals surface area (Å²) in [6.07, 6.45) is 2.73. The zero-order valence-electron chi connectivity index (χ0n) is 12.1. The number of anilines is 1. The van der Waals surface area contributed by atoms with Crippen LogP contribution < -0.4 is 10.1 Å². The zero-order valence-corrected chi connectivity index (χ0v) is 12.1. The lowest BCUT2D eigenvalue weighted by atomic mass is 10.1. The van der Waals surface area contributed by atoms with Gasteiger partial charge in [-0.25, -0.2) is 0 Å². The van der Waals surface area contributed by atoms with Gasteiger partial charge in [-0.05, 0) is 60.6 Å². The molecule has 0 atom stereocenters. The van der Waals surface area contributed by atoms with Crippen molar-refractivity contribution in [3.8, 4) is 5.75 Å². The minimum Gasteiger partial charge on any atom is -0.496 e. The van der Waals surface area contributed by atoms with Crippen LogP contribution in [0, 0.1) is 6.92 Å². The molecule has 0 radical (unpaired) electrons. The Labute approximate surface area is 120 Å². The standard InChI is InChI=1S/C18H21NO/c1-13-11-17(9-10-18(13)20-2)19-12-14-3-5-15(6-4-14)16-7-8-16/h3-6,9-11,16,19H,7-8,12H2,1-2H3. The fourth-order valence-corrected chi connectivity index (χ4v) is 2.52. The second-order valence-corrected chi connectivity index (χ2v) is 5.55. The summed E-state index contributed by atoms with van der Waals surface area (Å²) in [5, 5.41) is 3.46. The fraction of sp³-hybridized carbons (Fsp3) is 0.333. The average molecular weight is 267 g/mol. The molecule has 0 amide bonds. The second kappa shape index (κ2) is 5.58. The Balaban J connectivity index is 1.62. The molecule has 1 fully saturated rings. The van der Waals surface area contributed by atoms with Crippen LogP contribution >= 0.6 is 0 Å². The molecule has 3 rings (SSSR count). The van der Waals surface area contributed by atoms with Gasteiger partial charge in [-0.2, -0.15) is 0 Å².